The molecule has 84 valence electrons. The Morgan fingerprint density at radius 2 is 2.31 bits per heavy atom. The molecular formula is C11H11ClN2O2. The summed E-state index contributed by atoms with van der Waals surface area (Å²) in [5.74, 6) is -0.214. The number of para-hydroxylation sites is 1. The maximum atomic E-state index is 11.3. The number of hydrogen-bond acceptors (Lipinski definition) is 3. The van der Waals surface area contributed by atoms with Crippen LogP contribution in [0.5, 0.6) is 0 Å². The first-order chi connectivity index (χ1) is 7.68. The molecule has 1 amide bonds. The van der Waals surface area contributed by atoms with Crippen LogP contribution in [0, 0.1) is 0 Å². The van der Waals surface area contributed by atoms with Gasteiger partial charge in [0.25, 0.3) is 0 Å². The standard InChI is InChI=1S/C11H11ClN2O2/c1-7(12)11(15)13-6-9-8-4-2-3-5-10(8)16-14-9/h2-5,7H,6H2,1H3,(H,13,15). The van der Waals surface area contributed by atoms with Crippen LogP contribution in [0.25, 0.3) is 11.0 Å². The van der Waals surface area contributed by atoms with Gasteiger partial charge in [0.2, 0.25) is 5.91 Å². The van der Waals surface area contributed by atoms with Crippen LogP contribution in [0.1, 0.15) is 12.6 Å². The van der Waals surface area contributed by atoms with Crippen LogP contribution < -0.4 is 5.32 Å². The molecule has 0 aliphatic rings. The third-order valence-corrected chi connectivity index (χ3v) is 2.44. The van der Waals surface area contributed by atoms with Crippen LogP contribution >= 0.6 is 11.6 Å². The second-order valence-corrected chi connectivity index (χ2v) is 4.11. The number of amides is 1. The van der Waals surface area contributed by atoms with E-state index >= 15 is 0 Å². The number of carbonyl (C=O) groups excluding carboxylic acids is 1. The van der Waals surface area contributed by atoms with Crippen LogP contribution in [0.2, 0.25) is 0 Å². The van der Waals surface area contributed by atoms with Crippen molar-refractivity contribution < 1.29 is 9.32 Å². The smallest absolute Gasteiger partial charge is 0.238 e. The second kappa shape index (κ2) is 4.53. The van der Waals surface area contributed by atoms with Crippen molar-refractivity contribution in [3.63, 3.8) is 0 Å². The van der Waals surface area contributed by atoms with Gasteiger partial charge in [-0.25, -0.2) is 0 Å². The Kier molecular flexibility index (Phi) is 3.10. The average Bonchev–Trinajstić information content (AvgIpc) is 2.69. The van der Waals surface area contributed by atoms with Gasteiger partial charge in [-0.15, -0.1) is 11.6 Å². The molecule has 0 radical (unpaired) electrons. The number of fused-ring (bicyclic) bond motifs is 1. The summed E-state index contributed by atoms with van der Waals surface area (Å²) >= 11 is 5.63. The van der Waals surface area contributed by atoms with Crippen LogP contribution in [-0.2, 0) is 11.3 Å². The molecule has 0 spiro atoms. The number of benzene rings is 1. The zero-order valence-electron chi connectivity index (χ0n) is 8.74. The molecule has 0 saturated carbocycles. The highest BCUT2D eigenvalue weighted by Gasteiger charge is 2.11. The molecular weight excluding hydrogens is 228 g/mol. The molecule has 1 atom stereocenters. The predicted molar refractivity (Wildman–Crippen MR) is 61.2 cm³/mol. The van der Waals surface area contributed by atoms with Gasteiger partial charge in [0.1, 0.15) is 11.1 Å². The summed E-state index contributed by atoms with van der Waals surface area (Å²) in [5, 5.41) is 6.94. The fourth-order valence-electron chi connectivity index (χ4n) is 1.38. The Labute approximate surface area is 97.6 Å². The highest BCUT2D eigenvalue weighted by Crippen LogP contribution is 2.17. The maximum absolute atomic E-state index is 11.3. The lowest BCUT2D eigenvalue weighted by Gasteiger charge is -2.03. The third kappa shape index (κ3) is 2.17. The normalized spacial score (nSPS) is 12.6. The summed E-state index contributed by atoms with van der Waals surface area (Å²) in [4.78, 5) is 11.3. The lowest BCUT2D eigenvalue weighted by Crippen LogP contribution is -2.29. The van der Waals surface area contributed by atoms with Crippen molar-refractivity contribution in [2.24, 2.45) is 0 Å². The molecule has 0 saturated heterocycles. The van der Waals surface area contributed by atoms with E-state index in [1.165, 1.54) is 0 Å². The molecule has 1 aromatic heterocycles. The van der Waals surface area contributed by atoms with Crippen LogP contribution in [-0.4, -0.2) is 16.4 Å². The van der Waals surface area contributed by atoms with E-state index in [1.807, 2.05) is 24.3 Å². The van der Waals surface area contributed by atoms with Crippen molar-refractivity contribution in [1.29, 1.82) is 0 Å². The minimum Gasteiger partial charge on any atom is -0.356 e. The molecule has 16 heavy (non-hydrogen) atoms. The van der Waals surface area contributed by atoms with E-state index in [9.17, 15) is 4.79 Å². The molecule has 4 nitrogen and oxygen atoms in total. The van der Waals surface area contributed by atoms with E-state index in [0.29, 0.717) is 17.8 Å². The first-order valence-corrected chi connectivity index (χ1v) is 5.37. The predicted octanol–water partition coefficient (Wildman–Crippen LogP) is 2.07. The van der Waals surface area contributed by atoms with Gasteiger partial charge >= 0.3 is 0 Å². The number of hydrogen-bond donors (Lipinski definition) is 1. The minimum absolute atomic E-state index is 0.214. The van der Waals surface area contributed by atoms with Crippen molar-refractivity contribution >= 4 is 28.5 Å². The molecule has 2 rings (SSSR count). The molecule has 5 heteroatoms. The van der Waals surface area contributed by atoms with E-state index < -0.39 is 5.38 Å². The summed E-state index contributed by atoms with van der Waals surface area (Å²) in [6.45, 7) is 1.95. The molecule has 1 N–H and O–H groups in total. The Morgan fingerprint density at radius 1 is 1.56 bits per heavy atom. The highest BCUT2D eigenvalue weighted by atomic mass is 35.5. The Bertz CT molecular complexity index is 507. The molecule has 1 unspecified atom stereocenters. The van der Waals surface area contributed by atoms with E-state index in [4.69, 9.17) is 16.1 Å². The van der Waals surface area contributed by atoms with Gasteiger partial charge in [0.05, 0.1) is 6.54 Å². The summed E-state index contributed by atoms with van der Waals surface area (Å²) in [6, 6.07) is 7.50. The molecule has 2 aromatic rings. The maximum Gasteiger partial charge on any atom is 0.238 e. The summed E-state index contributed by atoms with van der Waals surface area (Å²) in [7, 11) is 0. The van der Waals surface area contributed by atoms with E-state index in [0.717, 1.165) is 5.39 Å². The molecule has 0 bridgehead atoms. The number of halogens is 1. The van der Waals surface area contributed by atoms with E-state index in [2.05, 4.69) is 10.5 Å². The van der Waals surface area contributed by atoms with Crippen molar-refractivity contribution in [3.8, 4) is 0 Å². The lowest BCUT2D eigenvalue weighted by molar-refractivity contribution is -0.120. The lowest BCUT2D eigenvalue weighted by atomic mass is 10.2. The van der Waals surface area contributed by atoms with Crippen LogP contribution in [0.3, 0.4) is 0 Å². The van der Waals surface area contributed by atoms with E-state index in [1.54, 1.807) is 6.92 Å². The first kappa shape index (κ1) is 11.0. The molecule has 1 heterocycles. The number of nitrogens with one attached hydrogen (secondary N) is 1. The Balaban J connectivity index is 2.13. The highest BCUT2D eigenvalue weighted by molar-refractivity contribution is 6.30. The number of rotatable bonds is 3. The summed E-state index contributed by atoms with van der Waals surface area (Å²) in [6.07, 6.45) is 0. The van der Waals surface area contributed by atoms with Crippen molar-refractivity contribution in [3.05, 3.63) is 30.0 Å². The van der Waals surface area contributed by atoms with Crippen molar-refractivity contribution in [2.45, 2.75) is 18.8 Å². The SMILES string of the molecule is CC(Cl)C(=O)NCc1noc2ccccc12. The second-order valence-electron chi connectivity index (χ2n) is 3.46. The van der Waals surface area contributed by atoms with Gasteiger partial charge in [0.15, 0.2) is 5.58 Å². The summed E-state index contributed by atoms with van der Waals surface area (Å²) < 4.78 is 5.11. The van der Waals surface area contributed by atoms with Crippen molar-refractivity contribution in [2.75, 3.05) is 0 Å². The van der Waals surface area contributed by atoms with Gasteiger partial charge in [-0.2, -0.15) is 0 Å². The van der Waals surface area contributed by atoms with Crippen LogP contribution in [0.4, 0.5) is 0 Å². The number of carbonyl (C=O) groups is 1. The Hall–Kier alpha value is -1.55. The minimum atomic E-state index is -0.543. The monoisotopic (exact) mass is 238 g/mol. The van der Waals surface area contributed by atoms with Crippen LogP contribution in [0.15, 0.2) is 28.8 Å². The number of alkyl halides is 1. The topological polar surface area (TPSA) is 55.1 Å². The van der Waals surface area contributed by atoms with E-state index in [-0.39, 0.29) is 5.91 Å². The largest absolute Gasteiger partial charge is 0.356 e. The number of nitrogens with zero attached hydrogens (tertiary/aromatic N) is 1. The zero-order chi connectivity index (χ0) is 11.5. The fraction of sp³-hybridized carbons (Fsp3) is 0.273. The van der Waals surface area contributed by atoms with Gasteiger partial charge in [-0.05, 0) is 19.1 Å². The number of aromatic nitrogens is 1. The summed E-state index contributed by atoms with van der Waals surface area (Å²) in [5.41, 5.74) is 1.42. The first-order valence-electron chi connectivity index (χ1n) is 4.93. The van der Waals surface area contributed by atoms with Gasteiger partial charge < -0.3 is 9.84 Å². The Morgan fingerprint density at radius 3 is 3.06 bits per heavy atom. The molecule has 0 fully saturated rings. The van der Waals surface area contributed by atoms with Gasteiger partial charge in [0, 0.05) is 5.39 Å². The van der Waals surface area contributed by atoms with Gasteiger partial charge in [-0.3, -0.25) is 4.79 Å². The third-order valence-electron chi connectivity index (χ3n) is 2.24. The molecule has 0 aliphatic heterocycles. The fourth-order valence-corrected chi connectivity index (χ4v) is 1.45. The average molecular weight is 239 g/mol. The molecule has 1 aromatic carbocycles. The zero-order valence-corrected chi connectivity index (χ0v) is 9.49. The quantitative estimate of drug-likeness (QED) is 0.833. The van der Waals surface area contributed by atoms with Crippen molar-refractivity contribution in [1.82, 2.24) is 10.5 Å². The van der Waals surface area contributed by atoms with Gasteiger partial charge in [-0.1, -0.05) is 17.3 Å². The molecule has 0 aliphatic carbocycles.